The molecule has 2 rings (SSSR count). The quantitative estimate of drug-likeness (QED) is 0.803. The lowest BCUT2D eigenvalue weighted by atomic mass is 9.85. The van der Waals surface area contributed by atoms with Gasteiger partial charge in [0.05, 0.1) is 12.5 Å². The molecular weight excluding hydrogens is 296 g/mol. The van der Waals surface area contributed by atoms with E-state index in [2.05, 4.69) is 26.8 Å². The maximum Gasteiger partial charge on any atom is 0.129 e. The van der Waals surface area contributed by atoms with Crippen molar-refractivity contribution in [2.45, 2.75) is 45.3 Å². The fourth-order valence-corrected chi connectivity index (χ4v) is 2.52. The van der Waals surface area contributed by atoms with E-state index in [4.69, 9.17) is 16.3 Å². The number of hydrogen-bond acceptors (Lipinski definition) is 2. The van der Waals surface area contributed by atoms with Gasteiger partial charge >= 0.3 is 0 Å². The zero-order valence-corrected chi connectivity index (χ0v) is 14.2. The molecule has 3 heteroatoms. The summed E-state index contributed by atoms with van der Waals surface area (Å²) in [5.41, 5.74) is 3.96. The van der Waals surface area contributed by atoms with Gasteiger partial charge in [0.15, 0.2) is 0 Å². The van der Waals surface area contributed by atoms with Gasteiger partial charge in [-0.25, -0.2) is 0 Å². The first-order valence-corrected chi connectivity index (χ1v) is 7.99. The van der Waals surface area contributed by atoms with Gasteiger partial charge in [0.2, 0.25) is 0 Å². The average molecular weight is 319 g/mol. The topological polar surface area (TPSA) is 29.5 Å². The zero-order valence-electron chi connectivity index (χ0n) is 13.4. The Morgan fingerprint density at radius 2 is 1.68 bits per heavy atom. The van der Waals surface area contributed by atoms with E-state index < -0.39 is 0 Å². The minimum Gasteiger partial charge on any atom is -0.488 e. The summed E-state index contributed by atoms with van der Waals surface area (Å²) in [7, 11) is 0. The molecule has 0 aromatic heterocycles. The molecular formula is C19H23ClO2. The summed E-state index contributed by atoms with van der Waals surface area (Å²) in [6, 6.07) is 14.1. The number of aliphatic hydroxyl groups is 1. The van der Waals surface area contributed by atoms with Gasteiger partial charge in [-0.3, -0.25) is 0 Å². The first kappa shape index (κ1) is 16.9. The van der Waals surface area contributed by atoms with Gasteiger partial charge in [0.25, 0.3) is 0 Å². The van der Waals surface area contributed by atoms with E-state index in [0.717, 1.165) is 22.3 Å². The van der Waals surface area contributed by atoms with Crippen molar-refractivity contribution in [1.82, 2.24) is 0 Å². The Bertz CT molecular complexity index is 590. The zero-order chi connectivity index (χ0) is 16.2. The van der Waals surface area contributed by atoms with Crippen molar-refractivity contribution >= 4 is 11.6 Å². The van der Waals surface area contributed by atoms with Gasteiger partial charge in [-0.2, -0.15) is 0 Å². The second kappa shape index (κ2) is 7.17. The molecule has 0 heterocycles. The molecule has 1 N–H and O–H groups in total. The van der Waals surface area contributed by atoms with Crippen LogP contribution in [0.25, 0.3) is 0 Å². The van der Waals surface area contributed by atoms with Crippen LogP contribution in [-0.2, 0) is 24.5 Å². The summed E-state index contributed by atoms with van der Waals surface area (Å²) >= 11 is 6.10. The Labute approximate surface area is 137 Å². The highest BCUT2D eigenvalue weighted by Crippen LogP contribution is 2.33. The highest BCUT2D eigenvalue weighted by Gasteiger charge is 2.19. The Morgan fingerprint density at radius 1 is 1.05 bits per heavy atom. The van der Waals surface area contributed by atoms with Gasteiger partial charge in [-0.1, -0.05) is 57.2 Å². The lowest BCUT2D eigenvalue weighted by molar-refractivity contribution is 0.257. The van der Waals surface area contributed by atoms with Gasteiger partial charge in [-0.05, 0) is 22.6 Å². The molecule has 0 unspecified atom stereocenters. The third-order valence-corrected chi connectivity index (χ3v) is 3.94. The van der Waals surface area contributed by atoms with E-state index in [9.17, 15) is 5.11 Å². The van der Waals surface area contributed by atoms with Crippen LogP contribution in [0.5, 0.6) is 5.75 Å². The molecule has 118 valence electrons. The maximum absolute atomic E-state index is 9.70. The van der Waals surface area contributed by atoms with Crippen molar-refractivity contribution in [3.63, 3.8) is 0 Å². The van der Waals surface area contributed by atoms with Crippen molar-refractivity contribution in [3.8, 4) is 5.75 Å². The van der Waals surface area contributed by atoms with Crippen molar-refractivity contribution < 1.29 is 9.84 Å². The van der Waals surface area contributed by atoms with Crippen LogP contribution >= 0.6 is 11.6 Å². The molecule has 0 radical (unpaired) electrons. The summed E-state index contributed by atoms with van der Waals surface area (Å²) in [6.45, 7) is 6.84. The molecule has 0 aliphatic carbocycles. The largest absolute Gasteiger partial charge is 0.488 e. The second-order valence-corrected chi connectivity index (χ2v) is 6.71. The highest BCUT2D eigenvalue weighted by atomic mass is 35.5. The van der Waals surface area contributed by atoms with E-state index in [1.54, 1.807) is 0 Å². The molecule has 0 atom stereocenters. The van der Waals surface area contributed by atoms with E-state index in [1.807, 2.05) is 36.4 Å². The van der Waals surface area contributed by atoms with Gasteiger partial charge in [-0.15, -0.1) is 11.6 Å². The lowest BCUT2D eigenvalue weighted by Gasteiger charge is -2.23. The molecule has 0 spiro atoms. The monoisotopic (exact) mass is 318 g/mol. The standard InChI is InChI=1S/C19H23ClO2/c1-19(2,3)17-9-15(11-20)18(16(10-17)12-21)22-13-14-7-5-4-6-8-14/h4-10,21H,11-13H2,1-3H3. The number of ether oxygens (including phenoxy) is 1. The van der Waals surface area contributed by atoms with Crippen LogP contribution in [0.4, 0.5) is 0 Å². The third-order valence-electron chi connectivity index (χ3n) is 3.65. The summed E-state index contributed by atoms with van der Waals surface area (Å²) in [5, 5.41) is 9.70. The minimum absolute atomic E-state index is 0.00267. The Morgan fingerprint density at radius 3 is 2.23 bits per heavy atom. The van der Waals surface area contributed by atoms with Crippen molar-refractivity contribution in [2.75, 3.05) is 0 Å². The fourth-order valence-electron chi connectivity index (χ4n) is 2.32. The van der Waals surface area contributed by atoms with E-state index in [0.29, 0.717) is 18.2 Å². The summed E-state index contributed by atoms with van der Waals surface area (Å²) in [6.07, 6.45) is 0. The molecule has 2 aromatic carbocycles. The van der Waals surface area contributed by atoms with Crippen LogP contribution in [0, 0.1) is 0 Å². The molecule has 0 aliphatic rings. The minimum atomic E-state index is -0.0576. The Hall–Kier alpha value is -1.51. The predicted octanol–water partition coefficient (Wildman–Crippen LogP) is 4.79. The van der Waals surface area contributed by atoms with E-state index in [1.165, 1.54) is 0 Å². The van der Waals surface area contributed by atoms with Crippen LogP contribution in [0.15, 0.2) is 42.5 Å². The lowest BCUT2D eigenvalue weighted by Crippen LogP contribution is -2.13. The van der Waals surface area contributed by atoms with Crippen LogP contribution < -0.4 is 4.74 Å². The predicted molar refractivity (Wildman–Crippen MR) is 91.4 cm³/mol. The Balaban J connectivity index is 2.33. The molecule has 0 aliphatic heterocycles. The molecule has 0 fully saturated rings. The molecule has 2 aromatic rings. The maximum atomic E-state index is 9.70. The van der Waals surface area contributed by atoms with E-state index >= 15 is 0 Å². The van der Waals surface area contributed by atoms with Crippen LogP contribution in [-0.4, -0.2) is 5.11 Å². The fraction of sp³-hybridized carbons (Fsp3) is 0.368. The number of aliphatic hydroxyl groups excluding tert-OH is 1. The summed E-state index contributed by atoms with van der Waals surface area (Å²) in [5.74, 6) is 1.07. The average Bonchev–Trinajstić information content (AvgIpc) is 2.52. The molecule has 0 saturated heterocycles. The first-order chi connectivity index (χ1) is 10.5. The number of hydrogen-bond donors (Lipinski definition) is 1. The number of halogens is 1. The van der Waals surface area contributed by atoms with Crippen molar-refractivity contribution in [1.29, 1.82) is 0 Å². The summed E-state index contributed by atoms with van der Waals surface area (Å²) < 4.78 is 5.96. The molecule has 2 nitrogen and oxygen atoms in total. The molecule has 22 heavy (non-hydrogen) atoms. The van der Waals surface area contributed by atoms with Crippen molar-refractivity contribution in [2.24, 2.45) is 0 Å². The number of rotatable bonds is 5. The second-order valence-electron chi connectivity index (χ2n) is 6.44. The number of benzene rings is 2. The molecule has 0 amide bonds. The van der Waals surface area contributed by atoms with Gasteiger partial charge < -0.3 is 9.84 Å². The first-order valence-electron chi connectivity index (χ1n) is 7.45. The smallest absolute Gasteiger partial charge is 0.129 e. The SMILES string of the molecule is CC(C)(C)c1cc(CO)c(OCc2ccccc2)c(CCl)c1. The number of alkyl halides is 1. The molecule has 0 saturated carbocycles. The van der Waals surface area contributed by atoms with Gasteiger partial charge in [0, 0.05) is 11.1 Å². The van der Waals surface area contributed by atoms with Crippen LogP contribution in [0.1, 0.15) is 43.0 Å². The van der Waals surface area contributed by atoms with Crippen LogP contribution in [0.3, 0.4) is 0 Å². The highest BCUT2D eigenvalue weighted by molar-refractivity contribution is 6.17. The normalized spacial score (nSPS) is 11.5. The molecule has 0 bridgehead atoms. The van der Waals surface area contributed by atoms with Crippen molar-refractivity contribution in [3.05, 3.63) is 64.7 Å². The van der Waals surface area contributed by atoms with Crippen LogP contribution in [0.2, 0.25) is 0 Å². The Kier molecular flexibility index (Phi) is 5.49. The third kappa shape index (κ3) is 4.02. The summed E-state index contributed by atoms with van der Waals surface area (Å²) in [4.78, 5) is 0. The van der Waals surface area contributed by atoms with Gasteiger partial charge in [0.1, 0.15) is 12.4 Å². The van der Waals surface area contributed by atoms with E-state index in [-0.39, 0.29) is 12.0 Å².